The zero-order chi connectivity index (χ0) is 55.5. The molecule has 0 aromatic heterocycles. The molecule has 0 radical (unpaired) electrons. The summed E-state index contributed by atoms with van der Waals surface area (Å²) in [6, 6.07) is -9.66. The fourth-order valence-corrected chi connectivity index (χ4v) is 8.50. The summed E-state index contributed by atoms with van der Waals surface area (Å²) in [5.74, 6) is -10.5. The molecule has 1 saturated heterocycles. The Morgan fingerprint density at radius 2 is 0.945 bits per heavy atom. The highest BCUT2D eigenvalue weighted by Crippen LogP contribution is 2.20. The van der Waals surface area contributed by atoms with Gasteiger partial charge in [0.15, 0.2) is 0 Å². The molecule has 20 heteroatoms. The topological polar surface area (TPSA) is 305 Å². The van der Waals surface area contributed by atoms with Gasteiger partial charge in [-0.1, -0.05) is 134 Å². The van der Waals surface area contributed by atoms with Crippen molar-refractivity contribution < 1.29 is 62.9 Å². The lowest BCUT2D eigenvalue weighted by molar-refractivity contribution is -0.156. The van der Waals surface area contributed by atoms with Gasteiger partial charge >= 0.3 is 17.9 Å². The Balaban J connectivity index is 3.97. The minimum atomic E-state index is -1.72. The van der Waals surface area contributed by atoms with Crippen LogP contribution >= 0.6 is 0 Å². The standard InChI is InChI=1S/C53H93N7O13/c1-13-34(11)21-19-17-15-16-18-20-22-36-28-42(61)54-37(23-24-43(62)63)47(66)55-38(25-30(3)4)48(67)56-39(26-31(5)6)50(69)59-45(33(9)10)52(71)58-41(29-44(64)65)49(68)57-40(27-32(7)8)51(70)60-46(35(12)14-2)53(72)73-36/h30-41,45-46H,13-29H2,1-12H3,(H,54,61)(H,55,66)(H,56,67)(H,57,68)(H,58,71)(H,59,69)(H,60,70)(H,62,63)(H,64,65)/t34-,35-,36+,37-,38-,39+,40+,41-,45-,46-/m0/s1. The molecule has 0 saturated carbocycles. The summed E-state index contributed by atoms with van der Waals surface area (Å²) < 4.78 is 6.06. The van der Waals surface area contributed by atoms with Crippen LogP contribution in [0.2, 0.25) is 0 Å². The maximum Gasteiger partial charge on any atom is 0.329 e. The van der Waals surface area contributed by atoms with Crippen molar-refractivity contribution in [1.82, 2.24) is 37.2 Å². The monoisotopic (exact) mass is 1040 g/mol. The van der Waals surface area contributed by atoms with E-state index in [-0.39, 0.29) is 49.9 Å². The SMILES string of the molecule is CC[C@H](C)CCCCCCCC[C@@H]1CC(=O)N[C@@H](CCC(=O)O)C(=O)N[C@@H](CC(C)C)C(=O)N[C@H](CC(C)C)C(=O)N[C@@H](C(C)C)C(=O)N[C@@H](CC(=O)O)C(=O)N[C@H](CC(C)C)C(=O)N[C@@H]([C@@H](C)CC)C(=O)O1. The zero-order valence-corrected chi connectivity index (χ0v) is 46.0. The number of cyclic esters (lactones) is 1. The number of hydrogen-bond acceptors (Lipinski definition) is 11. The van der Waals surface area contributed by atoms with E-state index < -0.39 is 139 Å². The largest absolute Gasteiger partial charge is 0.481 e. The Morgan fingerprint density at radius 1 is 0.507 bits per heavy atom. The van der Waals surface area contributed by atoms with Gasteiger partial charge in [-0.05, 0) is 74.0 Å². The van der Waals surface area contributed by atoms with Crippen LogP contribution in [0.3, 0.4) is 0 Å². The Kier molecular flexibility index (Phi) is 30.8. The van der Waals surface area contributed by atoms with Gasteiger partial charge in [-0.3, -0.25) is 43.2 Å². The summed E-state index contributed by atoms with van der Waals surface area (Å²) in [4.78, 5) is 137. The number of carbonyl (C=O) groups excluding carboxylic acids is 8. The molecule has 1 aliphatic heterocycles. The van der Waals surface area contributed by atoms with Gasteiger partial charge in [0.05, 0.1) is 12.8 Å². The van der Waals surface area contributed by atoms with E-state index in [4.69, 9.17) is 4.74 Å². The normalized spacial score (nSPS) is 24.8. The number of carbonyl (C=O) groups is 10. The second-order valence-corrected chi connectivity index (χ2v) is 21.9. The van der Waals surface area contributed by atoms with E-state index in [0.29, 0.717) is 18.8 Å². The van der Waals surface area contributed by atoms with Crippen LogP contribution in [0, 0.1) is 35.5 Å². The lowest BCUT2D eigenvalue weighted by Crippen LogP contribution is -2.61. The van der Waals surface area contributed by atoms with Gasteiger partial charge in [-0.15, -0.1) is 0 Å². The highest BCUT2D eigenvalue weighted by Gasteiger charge is 2.38. The summed E-state index contributed by atoms with van der Waals surface area (Å²) >= 11 is 0. The van der Waals surface area contributed by atoms with E-state index in [9.17, 15) is 58.2 Å². The Hall–Kier alpha value is -5.30. The first kappa shape index (κ1) is 65.7. The van der Waals surface area contributed by atoms with Crippen molar-refractivity contribution >= 4 is 59.3 Å². The molecule has 7 amide bonds. The van der Waals surface area contributed by atoms with Crippen LogP contribution in [-0.2, 0) is 52.7 Å². The molecular formula is C53H93N7O13. The Labute approximate surface area is 434 Å². The molecule has 10 atom stereocenters. The Morgan fingerprint density at radius 3 is 1.40 bits per heavy atom. The van der Waals surface area contributed by atoms with Crippen LogP contribution in [0.4, 0.5) is 0 Å². The number of aliphatic carboxylic acids is 2. The molecule has 0 unspecified atom stereocenters. The van der Waals surface area contributed by atoms with E-state index in [1.807, 2.05) is 0 Å². The number of amides is 7. The smallest absolute Gasteiger partial charge is 0.329 e. The number of carboxylic acids is 2. The third kappa shape index (κ3) is 26.5. The van der Waals surface area contributed by atoms with Gasteiger partial charge in [-0.2, -0.15) is 0 Å². The van der Waals surface area contributed by atoms with E-state index in [0.717, 1.165) is 44.9 Å². The summed E-state index contributed by atoms with van der Waals surface area (Å²) in [6.07, 6.45) is 5.26. The molecule has 0 bridgehead atoms. The molecule has 1 heterocycles. The number of rotatable bonds is 24. The predicted octanol–water partition coefficient (Wildman–Crippen LogP) is 5.04. The zero-order valence-electron chi connectivity index (χ0n) is 46.0. The van der Waals surface area contributed by atoms with E-state index >= 15 is 0 Å². The molecule has 1 fully saturated rings. The first-order valence-corrected chi connectivity index (χ1v) is 26.9. The number of hydrogen-bond donors (Lipinski definition) is 9. The maximum absolute atomic E-state index is 14.3. The quantitative estimate of drug-likeness (QED) is 0.0453. The highest BCUT2D eigenvalue weighted by molar-refractivity contribution is 5.98. The second kappa shape index (κ2) is 34.2. The van der Waals surface area contributed by atoms with Crippen LogP contribution in [0.25, 0.3) is 0 Å². The van der Waals surface area contributed by atoms with Gasteiger partial charge in [0, 0.05) is 6.42 Å². The van der Waals surface area contributed by atoms with Crippen LogP contribution in [0.5, 0.6) is 0 Å². The van der Waals surface area contributed by atoms with Gasteiger partial charge in [0.1, 0.15) is 48.4 Å². The van der Waals surface area contributed by atoms with Crippen molar-refractivity contribution in [2.24, 2.45) is 35.5 Å². The number of carboxylic acid groups (broad SMARTS) is 2. The molecule has 0 spiro atoms. The second-order valence-electron chi connectivity index (χ2n) is 21.9. The molecule has 1 aliphatic rings. The summed E-state index contributed by atoms with van der Waals surface area (Å²) in [5, 5.41) is 37.9. The minimum absolute atomic E-state index is 0.0380. The molecule has 9 N–H and O–H groups in total. The maximum atomic E-state index is 14.3. The number of nitrogens with one attached hydrogen (secondary N) is 7. The van der Waals surface area contributed by atoms with Gasteiger partial charge < -0.3 is 52.2 Å². The third-order valence-electron chi connectivity index (χ3n) is 13.2. The first-order valence-electron chi connectivity index (χ1n) is 26.9. The third-order valence-corrected chi connectivity index (χ3v) is 13.2. The van der Waals surface area contributed by atoms with Crippen molar-refractivity contribution in [3.63, 3.8) is 0 Å². The highest BCUT2D eigenvalue weighted by atomic mass is 16.5. The molecular weight excluding hydrogens is 943 g/mol. The van der Waals surface area contributed by atoms with Crippen LogP contribution in [0.15, 0.2) is 0 Å². The lowest BCUT2D eigenvalue weighted by atomic mass is 9.97. The molecule has 20 nitrogen and oxygen atoms in total. The van der Waals surface area contributed by atoms with E-state index in [1.54, 1.807) is 69.2 Å². The molecule has 418 valence electrons. The fourth-order valence-electron chi connectivity index (χ4n) is 8.50. The van der Waals surface area contributed by atoms with Crippen LogP contribution < -0.4 is 37.2 Å². The lowest BCUT2D eigenvalue weighted by Gasteiger charge is -2.30. The minimum Gasteiger partial charge on any atom is -0.481 e. The molecule has 0 aromatic rings. The van der Waals surface area contributed by atoms with Gasteiger partial charge in [0.25, 0.3) is 0 Å². The number of unbranched alkanes of at least 4 members (excludes halogenated alkanes) is 5. The summed E-state index contributed by atoms with van der Waals surface area (Å²) in [6.45, 7) is 21.9. The molecule has 1 rings (SSSR count). The summed E-state index contributed by atoms with van der Waals surface area (Å²) in [7, 11) is 0. The van der Waals surface area contributed by atoms with E-state index in [1.165, 1.54) is 0 Å². The van der Waals surface area contributed by atoms with Crippen LogP contribution in [-0.4, -0.2) is 118 Å². The molecule has 0 aromatic carbocycles. The van der Waals surface area contributed by atoms with Crippen molar-refractivity contribution in [1.29, 1.82) is 0 Å². The number of esters is 1. The molecule has 73 heavy (non-hydrogen) atoms. The van der Waals surface area contributed by atoms with Gasteiger partial charge in [0.2, 0.25) is 41.4 Å². The van der Waals surface area contributed by atoms with Gasteiger partial charge in [-0.25, -0.2) is 4.79 Å². The number of ether oxygens (including phenoxy) is 1. The van der Waals surface area contributed by atoms with Crippen molar-refractivity contribution in [2.75, 3.05) is 0 Å². The van der Waals surface area contributed by atoms with Crippen molar-refractivity contribution in [3.8, 4) is 0 Å². The van der Waals surface area contributed by atoms with E-state index in [2.05, 4.69) is 51.1 Å². The first-order chi connectivity index (χ1) is 34.2. The average Bonchev–Trinajstić information content (AvgIpc) is 3.29. The fraction of sp³-hybridized carbons (Fsp3) is 0.811. The summed E-state index contributed by atoms with van der Waals surface area (Å²) in [5.41, 5.74) is 0. The van der Waals surface area contributed by atoms with Crippen LogP contribution in [0.1, 0.15) is 192 Å². The Bertz CT molecular complexity index is 1810. The average molecular weight is 1040 g/mol. The van der Waals surface area contributed by atoms with Crippen molar-refractivity contribution in [2.45, 2.75) is 241 Å². The molecule has 0 aliphatic carbocycles. The van der Waals surface area contributed by atoms with Crippen molar-refractivity contribution in [3.05, 3.63) is 0 Å². The predicted molar refractivity (Wildman–Crippen MR) is 276 cm³/mol.